The molecule has 0 aliphatic rings. The number of thiazole rings is 1. The van der Waals surface area contributed by atoms with Gasteiger partial charge in [-0.1, -0.05) is 30.4 Å². The van der Waals surface area contributed by atoms with Gasteiger partial charge < -0.3 is 18.8 Å². The van der Waals surface area contributed by atoms with Crippen molar-refractivity contribution in [1.29, 1.82) is 0 Å². The summed E-state index contributed by atoms with van der Waals surface area (Å²) >= 11 is 1.27. The third-order valence-electron chi connectivity index (χ3n) is 4.89. The van der Waals surface area contributed by atoms with Crippen molar-refractivity contribution < 1.29 is 27.4 Å². The van der Waals surface area contributed by atoms with E-state index >= 15 is 0 Å². The van der Waals surface area contributed by atoms with Crippen molar-refractivity contribution in [3.05, 3.63) is 46.8 Å². The molecule has 0 radical (unpaired) electrons. The molecule has 172 valence electrons. The molecule has 0 bridgehead atoms. The van der Waals surface area contributed by atoms with E-state index in [1.165, 1.54) is 23.5 Å². The highest BCUT2D eigenvalue weighted by Gasteiger charge is 2.21. The zero-order chi connectivity index (χ0) is 23.3. The van der Waals surface area contributed by atoms with E-state index < -0.39 is 15.7 Å². The number of carbonyl (C=O) groups is 1. The monoisotopic (exact) mass is 478 g/mol. The van der Waals surface area contributed by atoms with E-state index in [9.17, 15) is 13.2 Å². The Morgan fingerprint density at radius 2 is 1.75 bits per heavy atom. The highest BCUT2D eigenvalue weighted by atomic mass is 32.2. The van der Waals surface area contributed by atoms with Crippen molar-refractivity contribution in [2.45, 2.75) is 25.3 Å². The lowest BCUT2D eigenvalue weighted by Gasteiger charge is -2.10. The summed E-state index contributed by atoms with van der Waals surface area (Å²) < 4.78 is 44.1. The maximum Gasteiger partial charge on any atom is 0.280 e. The summed E-state index contributed by atoms with van der Waals surface area (Å²) in [4.78, 5) is 17.8. The smallest absolute Gasteiger partial charge is 0.280 e. The van der Waals surface area contributed by atoms with E-state index in [-0.39, 0.29) is 16.2 Å². The summed E-state index contributed by atoms with van der Waals surface area (Å²) in [5.41, 5.74) is 0.777. The third-order valence-corrected chi connectivity index (χ3v) is 7.76. The minimum atomic E-state index is -3.58. The largest absolute Gasteiger partial charge is 0.495 e. The first-order chi connectivity index (χ1) is 15.4. The van der Waals surface area contributed by atoms with E-state index in [2.05, 4.69) is 4.99 Å². The summed E-state index contributed by atoms with van der Waals surface area (Å²) in [5, 5.41) is 0. The molecule has 0 saturated carbocycles. The van der Waals surface area contributed by atoms with Crippen LogP contribution in [0.4, 0.5) is 0 Å². The molecule has 10 heteroatoms. The Hall–Kier alpha value is -2.69. The second kappa shape index (κ2) is 10.3. The van der Waals surface area contributed by atoms with Crippen LogP contribution < -0.4 is 14.3 Å². The Labute approximate surface area is 191 Å². The van der Waals surface area contributed by atoms with Crippen molar-refractivity contribution in [2.24, 2.45) is 4.99 Å². The van der Waals surface area contributed by atoms with Gasteiger partial charge in [-0.15, -0.1) is 0 Å². The van der Waals surface area contributed by atoms with Gasteiger partial charge in [0, 0.05) is 13.2 Å². The van der Waals surface area contributed by atoms with Crippen LogP contribution in [0, 0.1) is 0 Å². The van der Waals surface area contributed by atoms with Crippen LogP contribution in [0.5, 0.6) is 11.5 Å². The SMILES string of the molecule is CCOCCn1c(=NC(=O)c2ccccc2S(=O)(=O)CC)sc2c(OC)ccc(OC)c21. The van der Waals surface area contributed by atoms with Gasteiger partial charge in [-0.25, -0.2) is 8.42 Å². The molecule has 1 heterocycles. The molecule has 1 aromatic heterocycles. The van der Waals surface area contributed by atoms with Crippen LogP contribution in [0.1, 0.15) is 24.2 Å². The first-order valence-corrected chi connectivity index (χ1v) is 12.6. The Kier molecular flexibility index (Phi) is 7.70. The van der Waals surface area contributed by atoms with Crippen LogP contribution in [0.2, 0.25) is 0 Å². The van der Waals surface area contributed by atoms with Gasteiger partial charge in [-0.05, 0) is 31.2 Å². The first-order valence-electron chi connectivity index (χ1n) is 10.1. The number of fused-ring (bicyclic) bond motifs is 1. The average molecular weight is 479 g/mol. The van der Waals surface area contributed by atoms with Gasteiger partial charge >= 0.3 is 0 Å². The van der Waals surface area contributed by atoms with Gasteiger partial charge in [0.25, 0.3) is 5.91 Å². The molecule has 3 aromatic rings. The van der Waals surface area contributed by atoms with E-state index in [0.717, 1.165) is 10.2 Å². The molecular formula is C22H26N2O6S2. The molecule has 0 aliphatic carbocycles. The van der Waals surface area contributed by atoms with Gasteiger partial charge in [0.1, 0.15) is 21.7 Å². The second-order valence-corrected chi connectivity index (χ2v) is 9.92. The maximum atomic E-state index is 13.1. The molecule has 0 spiro atoms. The zero-order valence-corrected chi connectivity index (χ0v) is 20.1. The second-order valence-electron chi connectivity index (χ2n) is 6.70. The maximum absolute atomic E-state index is 13.1. The van der Waals surface area contributed by atoms with Crippen molar-refractivity contribution in [1.82, 2.24) is 4.57 Å². The standard InChI is InChI=1S/C22H26N2O6S2/c1-5-30-14-13-24-19-16(28-3)11-12-17(29-4)20(19)31-22(24)23-21(25)15-9-7-8-10-18(15)32(26,27)6-2/h7-12H,5-6,13-14H2,1-4H3. The Morgan fingerprint density at radius 3 is 2.41 bits per heavy atom. The fourth-order valence-corrected chi connectivity index (χ4v) is 5.51. The predicted octanol–water partition coefficient (Wildman–Crippen LogP) is 3.29. The predicted molar refractivity (Wildman–Crippen MR) is 123 cm³/mol. The topological polar surface area (TPSA) is 96.2 Å². The lowest BCUT2D eigenvalue weighted by atomic mass is 10.2. The number of rotatable bonds is 9. The molecule has 0 N–H and O–H groups in total. The van der Waals surface area contributed by atoms with Crippen molar-refractivity contribution in [2.75, 3.05) is 33.2 Å². The van der Waals surface area contributed by atoms with Gasteiger partial charge in [0.15, 0.2) is 14.6 Å². The molecule has 0 saturated heterocycles. The minimum Gasteiger partial charge on any atom is -0.495 e. The Balaban J connectivity index is 2.24. The number of nitrogens with zero attached hydrogens (tertiary/aromatic N) is 2. The Morgan fingerprint density at radius 1 is 1.06 bits per heavy atom. The van der Waals surface area contributed by atoms with Gasteiger partial charge in [0.2, 0.25) is 0 Å². The molecule has 2 aromatic carbocycles. The summed E-state index contributed by atoms with van der Waals surface area (Å²) in [5.74, 6) is 0.491. The van der Waals surface area contributed by atoms with Gasteiger partial charge in [-0.2, -0.15) is 4.99 Å². The Bertz CT molecular complexity index is 1290. The van der Waals surface area contributed by atoms with Gasteiger partial charge in [0.05, 0.1) is 37.0 Å². The highest BCUT2D eigenvalue weighted by molar-refractivity contribution is 7.91. The number of methoxy groups -OCH3 is 2. The molecule has 1 amide bonds. The van der Waals surface area contributed by atoms with Crippen LogP contribution in [0.25, 0.3) is 10.2 Å². The molecule has 32 heavy (non-hydrogen) atoms. The van der Waals surface area contributed by atoms with Crippen molar-refractivity contribution in [3.63, 3.8) is 0 Å². The minimum absolute atomic E-state index is 0.0200. The van der Waals surface area contributed by atoms with E-state index in [1.54, 1.807) is 45.4 Å². The normalized spacial score (nSPS) is 12.3. The highest BCUT2D eigenvalue weighted by Crippen LogP contribution is 2.35. The van der Waals surface area contributed by atoms with Crippen molar-refractivity contribution in [3.8, 4) is 11.5 Å². The van der Waals surface area contributed by atoms with Gasteiger partial charge in [-0.3, -0.25) is 4.79 Å². The number of aromatic nitrogens is 1. The summed E-state index contributed by atoms with van der Waals surface area (Å²) in [6.45, 7) is 4.83. The van der Waals surface area contributed by atoms with Crippen LogP contribution in [-0.4, -0.2) is 52.1 Å². The zero-order valence-electron chi connectivity index (χ0n) is 18.5. The number of hydrogen-bond donors (Lipinski definition) is 0. The molecule has 0 atom stereocenters. The fraction of sp³-hybridized carbons (Fsp3) is 0.364. The lowest BCUT2D eigenvalue weighted by Crippen LogP contribution is -2.20. The molecular weight excluding hydrogens is 452 g/mol. The lowest BCUT2D eigenvalue weighted by molar-refractivity contribution is 0.0993. The molecule has 8 nitrogen and oxygen atoms in total. The average Bonchev–Trinajstić information content (AvgIpc) is 3.16. The number of benzene rings is 2. The number of carbonyl (C=O) groups excluding carboxylic acids is 1. The summed E-state index contributed by atoms with van der Waals surface area (Å²) in [6.07, 6.45) is 0. The quantitative estimate of drug-likeness (QED) is 0.438. The number of amides is 1. The first kappa shape index (κ1) is 24.0. The third kappa shape index (κ3) is 4.72. The van der Waals surface area contributed by atoms with E-state index in [1.807, 2.05) is 11.5 Å². The van der Waals surface area contributed by atoms with Crippen molar-refractivity contribution >= 4 is 37.3 Å². The van der Waals surface area contributed by atoms with Crippen LogP contribution in [0.3, 0.4) is 0 Å². The molecule has 0 aliphatic heterocycles. The fourth-order valence-electron chi connectivity index (χ4n) is 3.26. The van der Waals surface area contributed by atoms with Crippen LogP contribution in [-0.2, 0) is 21.1 Å². The summed E-state index contributed by atoms with van der Waals surface area (Å²) in [6, 6.07) is 9.71. The van der Waals surface area contributed by atoms with E-state index in [0.29, 0.717) is 36.1 Å². The number of hydrogen-bond acceptors (Lipinski definition) is 7. The molecule has 0 fully saturated rings. The van der Waals surface area contributed by atoms with Crippen LogP contribution >= 0.6 is 11.3 Å². The summed E-state index contributed by atoms with van der Waals surface area (Å²) in [7, 11) is -0.446. The molecule has 3 rings (SSSR count). The van der Waals surface area contributed by atoms with Crippen LogP contribution in [0.15, 0.2) is 46.3 Å². The molecule has 0 unspecified atom stereocenters. The number of sulfone groups is 1. The van der Waals surface area contributed by atoms with E-state index in [4.69, 9.17) is 14.2 Å². The number of ether oxygens (including phenoxy) is 3.